The van der Waals surface area contributed by atoms with Crippen LogP contribution < -0.4 is 5.32 Å². The summed E-state index contributed by atoms with van der Waals surface area (Å²) < 4.78 is 1.65. The minimum absolute atomic E-state index is 0.420. The molecule has 0 aromatic carbocycles. The van der Waals surface area contributed by atoms with Crippen LogP contribution in [0.25, 0.3) is 0 Å². The van der Waals surface area contributed by atoms with Gasteiger partial charge in [-0.05, 0) is 18.5 Å². The van der Waals surface area contributed by atoms with Gasteiger partial charge in [0.15, 0.2) is 11.5 Å². The fraction of sp³-hybridized carbons (Fsp3) is 0.667. The first kappa shape index (κ1) is 10.7. The summed E-state index contributed by atoms with van der Waals surface area (Å²) in [5.41, 5.74) is 1.09. The van der Waals surface area contributed by atoms with Crippen LogP contribution >= 0.6 is 0 Å². The minimum Gasteiger partial charge on any atom is -0.368 e. The third-order valence-corrected chi connectivity index (χ3v) is 2.10. The minimum atomic E-state index is 0.420. The Labute approximate surface area is 83.5 Å². The van der Waals surface area contributed by atoms with Crippen molar-refractivity contribution < 1.29 is 0 Å². The molecule has 1 N–H and O–H groups in total. The van der Waals surface area contributed by atoms with Gasteiger partial charge in [-0.1, -0.05) is 13.3 Å². The summed E-state index contributed by atoms with van der Waals surface area (Å²) in [6, 6.07) is 0. The molecule has 0 amide bonds. The van der Waals surface area contributed by atoms with Gasteiger partial charge in [0.2, 0.25) is 0 Å². The number of hydrogen-bond acceptors (Lipinski definition) is 4. The van der Waals surface area contributed by atoms with E-state index in [0.29, 0.717) is 17.2 Å². The van der Waals surface area contributed by atoms with Crippen LogP contribution in [0.2, 0.25) is 0 Å². The maximum absolute atomic E-state index is 10.6. The van der Waals surface area contributed by atoms with Crippen molar-refractivity contribution in [2.75, 3.05) is 11.9 Å². The standard InChI is InChI=1S/C9H16N4O/c1-4-5-6-10-9-8(12-14)7(2)11-13(9)3/h10H,4-6H2,1-3H3. The maximum atomic E-state index is 10.6. The van der Waals surface area contributed by atoms with Crippen molar-refractivity contribution in [3.63, 3.8) is 0 Å². The number of aryl methyl sites for hydroxylation is 2. The largest absolute Gasteiger partial charge is 0.368 e. The van der Waals surface area contributed by atoms with Crippen LogP contribution in [0.4, 0.5) is 11.5 Å². The van der Waals surface area contributed by atoms with E-state index in [1.165, 1.54) is 0 Å². The van der Waals surface area contributed by atoms with Crippen LogP contribution in [0, 0.1) is 11.8 Å². The van der Waals surface area contributed by atoms with Crippen molar-refractivity contribution in [2.45, 2.75) is 26.7 Å². The molecule has 0 saturated heterocycles. The topological polar surface area (TPSA) is 59.3 Å². The number of anilines is 1. The van der Waals surface area contributed by atoms with E-state index in [9.17, 15) is 4.91 Å². The lowest BCUT2D eigenvalue weighted by Crippen LogP contribution is -2.05. The van der Waals surface area contributed by atoms with E-state index in [0.717, 1.165) is 19.4 Å². The first-order chi connectivity index (χ1) is 6.70. The molecule has 0 atom stereocenters. The first-order valence-electron chi connectivity index (χ1n) is 4.81. The van der Waals surface area contributed by atoms with Gasteiger partial charge in [-0.2, -0.15) is 5.10 Å². The molecule has 0 aliphatic heterocycles. The summed E-state index contributed by atoms with van der Waals surface area (Å²) in [6.45, 7) is 4.74. The molecule has 1 aromatic heterocycles. The smallest absolute Gasteiger partial charge is 0.172 e. The van der Waals surface area contributed by atoms with Crippen molar-refractivity contribution >= 4 is 11.5 Å². The lowest BCUT2D eigenvalue weighted by Gasteiger charge is -2.05. The zero-order chi connectivity index (χ0) is 10.6. The molecule has 14 heavy (non-hydrogen) atoms. The first-order valence-corrected chi connectivity index (χ1v) is 4.81. The molecule has 0 unspecified atom stereocenters. The predicted molar refractivity (Wildman–Crippen MR) is 56.8 cm³/mol. The van der Waals surface area contributed by atoms with E-state index >= 15 is 0 Å². The van der Waals surface area contributed by atoms with E-state index < -0.39 is 0 Å². The van der Waals surface area contributed by atoms with E-state index in [4.69, 9.17) is 0 Å². The van der Waals surface area contributed by atoms with Crippen molar-refractivity contribution in [3.05, 3.63) is 10.6 Å². The van der Waals surface area contributed by atoms with Gasteiger partial charge in [-0.25, -0.2) is 0 Å². The molecule has 0 aliphatic carbocycles. The number of unbranched alkanes of at least 4 members (excludes halogenated alkanes) is 1. The van der Waals surface area contributed by atoms with Crippen LogP contribution in [-0.4, -0.2) is 16.3 Å². The monoisotopic (exact) mass is 196 g/mol. The Morgan fingerprint density at radius 3 is 2.86 bits per heavy atom. The third-order valence-electron chi connectivity index (χ3n) is 2.10. The molecule has 1 heterocycles. The number of aromatic nitrogens is 2. The zero-order valence-corrected chi connectivity index (χ0v) is 8.87. The van der Waals surface area contributed by atoms with E-state index in [2.05, 4.69) is 22.5 Å². The average Bonchev–Trinajstić information content (AvgIpc) is 2.42. The highest BCUT2D eigenvalue weighted by molar-refractivity contribution is 5.63. The summed E-state index contributed by atoms with van der Waals surface area (Å²) in [7, 11) is 1.80. The lowest BCUT2D eigenvalue weighted by atomic mass is 10.3. The molecule has 0 bridgehead atoms. The highest BCUT2D eigenvalue weighted by Gasteiger charge is 2.12. The van der Waals surface area contributed by atoms with E-state index in [1.807, 2.05) is 0 Å². The second-order valence-electron chi connectivity index (χ2n) is 3.28. The van der Waals surface area contributed by atoms with Crippen LogP contribution in [0.5, 0.6) is 0 Å². The number of rotatable bonds is 5. The maximum Gasteiger partial charge on any atom is 0.172 e. The van der Waals surface area contributed by atoms with Crippen molar-refractivity contribution in [1.29, 1.82) is 0 Å². The van der Waals surface area contributed by atoms with Crippen LogP contribution in [0.1, 0.15) is 25.5 Å². The second kappa shape index (κ2) is 4.74. The highest BCUT2D eigenvalue weighted by atomic mass is 16.3. The van der Waals surface area contributed by atoms with Crippen molar-refractivity contribution in [2.24, 2.45) is 12.2 Å². The van der Waals surface area contributed by atoms with Gasteiger partial charge < -0.3 is 5.32 Å². The lowest BCUT2D eigenvalue weighted by molar-refractivity contribution is 0.748. The van der Waals surface area contributed by atoms with Gasteiger partial charge in [0, 0.05) is 13.6 Å². The Morgan fingerprint density at radius 2 is 2.29 bits per heavy atom. The Hall–Kier alpha value is -1.39. The Morgan fingerprint density at radius 1 is 1.57 bits per heavy atom. The average molecular weight is 196 g/mol. The number of hydrogen-bond donors (Lipinski definition) is 1. The third kappa shape index (κ3) is 2.10. The molecule has 1 aromatic rings. The Balaban J connectivity index is 2.78. The SMILES string of the molecule is CCCCNc1c(N=O)c(C)nn1C. The fourth-order valence-corrected chi connectivity index (χ4v) is 1.34. The molecular weight excluding hydrogens is 180 g/mol. The predicted octanol–water partition coefficient (Wildman–Crippen LogP) is 2.34. The number of nitrogens with one attached hydrogen (secondary N) is 1. The highest BCUT2D eigenvalue weighted by Crippen LogP contribution is 2.27. The molecule has 1 rings (SSSR count). The molecular formula is C9H16N4O. The molecule has 0 radical (unpaired) electrons. The quantitative estimate of drug-likeness (QED) is 0.580. The van der Waals surface area contributed by atoms with Crippen LogP contribution in [0.15, 0.2) is 5.18 Å². The normalized spacial score (nSPS) is 10.2. The van der Waals surface area contributed by atoms with Gasteiger partial charge in [0.1, 0.15) is 0 Å². The molecule has 5 nitrogen and oxygen atoms in total. The molecule has 5 heteroatoms. The summed E-state index contributed by atoms with van der Waals surface area (Å²) in [6.07, 6.45) is 2.19. The van der Waals surface area contributed by atoms with E-state index in [1.54, 1.807) is 18.7 Å². The number of nitroso groups, excluding NO2 is 1. The van der Waals surface area contributed by atoms with Gasteiger partial charge in [0.25, 0.3) is 0 Å². The molecule has 0 saturated carbocycles. The van der Waals surface area contributed by atoms with Gasteiger partial charge >= 0.3 is 0 Å². The fourth-order valence-electron chi connectivity index (χ4n) is 1.34. The Kier molecular flexibility index (Phi) is 3.62. The molecule has 78 valence electrons. The van der Waals surface area contributed by atoms with Crippen LogP contribution in [0.3, 0.4) is 0 Å². The summed E-state index contributed by atoms with van der Waals surface area (Å²) in [5, 5.41) is 10.3. The zero-order valence-electron chi connectivity index (χ0n) is 8.87. The molecule has 0 aliphatic rings. The Bertz CT molecular complexity index is 319. The summed E-state index contributed by atoms with van der Waals surface area (Å²) in [4.78, 5) is 10.6. The van der Waals surface area contributed by atoms with Gasteiger partial charge in [-0.3, -0.25) is 4.68 Å². The van der Waals surface area contributed by atoms with E-state index in [-0.39, 0.29) is 0 Å². The molecule has 0 spiro atoms. The summed E-state index contributed by atoms with van der Waals surface area (Å²) >= 11 is 0. The summed E-state index contributed by atoms with van der Waals surface area (Å²) in [5.74, 6) is 0.714. The van der Waals surface area contributed by atoms with Gasteiger partial charge in [0.05, 0.1) is 5.69 Å². The molecule has 0 fully saturated rings. The number of nitrogens with zero attached hydrogens (tertiary/aromatic N) is 3. The van der Waals surface area contributed by atoms with Crippen LogP contribution in [-0.2, 0) is 7.05 Å². The van der Waals surface area contributed by atoms with Crippen molar-refractivity contribution in [3.8, 4) is 0 Å². The van der Waals surface area contributed by atoms with Gasteiger partial charge in [-0.15, -0.1) is 4.91 Å². The van der Waals surface area contributed by atoms with Crippen molar-refractivity contribution in [1.82, 2.24) is 9.78 Å². The second-order valence-corrected chi connectivity index (χ2v) is 3.28.